The van der Waals surface area contributed by atoms with Crippen molar-refractivity contribution in [2.75, 3.05) is 5.32 Å². The fourth-order valence-electron chi connectivity index (χ4n) is 2.04. The Morgan fingerprint density at radius 2 is 1.50 bits per heavy atom. The van der Waals surface area contributed by atoms with Gasteiger partial charge in [-0.1, -0.05) is 48.5 Å². The second kappa shape index (κ2) is 6.66. The Bertz CT molecular complexity index is 578. The Morgan fingerprint density at radius 3 is 2.05 bits per heavy atom. The Hall–Kier alpha value is -2.42. The quantitative estimate of drug-likeness (QED) is 0.817. The molecule has 0 fully saturated rings. The number of para-hydroxylation sites is 1. The van der Waals surface area contributed by atoms with Gasteiger partial charge in [-0.25, -0.2) is 0 Å². The molecule has 0 aromatic heterocycles. The molecule has 0 aliphatic rings. The van der Waals surface area contributed by atoms with Gasteiger partial charge in [0.05, 0.1) is 6.04 Å². The molecular weight excluding hydrogens is 250 g/mol. The average molecular weight is 267 g/mol. The maximum atomic E-state index is 12.5. The molecule has 1 unspecified atom stereocenters. The van der Waals surface area contributed by atoms with Crippen molar-refractivity contribution in [2.45, 2.75) is 19.4 Å². The van der Waals surface area contributed by atoms with Crippen molar-refractivity contribution in [3.63, 3.8) is 0 Å². The third kappa shape index (κ3) is 3.79. The first-order valence-corrected chi connectivity index (χ1v) is 6.57. The fourth-order valence-corrected chi connectivity index (χ4v) is 2.04. The summed E-state index contributed by atoms with van der Waals surface area (Å²) in [5.74, 6) is -0.0765. The topological polar surface area (TPSA) is 46.2 Å². The highest BCUT2D eigenvalue weighted by Gasteiger charge is 2.21. The van der Waals surface area contributed by atoms with Gasteiger partial charge in [0.1, 0.15) is 5.78 Å². The van der Waals surface area contributed by atoms with E-state index in [0.29, 0.717) is 5.56 Å². The standard InChI is InChI=1S/C17H17NO2/c1-13(19)12-16(18-15-10-6-3-7-11-15)17(20)14-8-4-2-5-9-14/h2-11,16,18H,12H2,1H3. The van der Waals surface area contributed by atoms with Crippen LogP contribution in [0, 0.1) is 0 Å². The molecule has 2 aromatic rings. The number of carbonyl (C=O) groups is 2. The van der Waals surface area contributed by atoms with Crippen molar-refractivity contribution < 1.29 is 9.59 Å². The zero-order valence-electron chi connectivity index (χ0n) is 11.4. The van der Waals surface area contributed by atoms with E-state index in [4.69, 9.17) is 0 Å². The van der Waals surface area contributed by atoms with Crippen LogP contribution in [-0.4, -0.2) is 17.6 Å². The van der Waals surface area contributed by atoms with Crippen molar-refractivity contribution in [2.24, 2.45) is 0 Å². The van der Waals surface area contributed by atoms with E-state index in [1.807, 2.05) is 48.5 Å². The average Bonchev–Trinajstić information content (AvgIpc) is 2.47. The molecule has 0 bridgehead atoms. The lowest BCUT2D eigenvalue weighted by Gasteiger charge is -2.17. The molecule has 0 radical (unpaired) electrons. The third-order valence-electron chi connectivity index (χ3n) is 2.98. The zero-order chi connectivity index (χ0) is 14.4. The van der Waals surface area contributed by atoms with E-state index in [-0.39, 0.29) is 18.0 Å². The zero-order valence-corrected chi connectivity index (χ0v) is 11.4. The maximum absolute atomic E-state index is 12.5. The summed E-state index contributed by atoms with van der Waals surface area (Å²) >= 11 is 0. The highest BCUT2D eigenvalue weighted by molar-refractivity contribution is 6.03. The number of ketones is 2. The lowest BCUT2D eigenvalue weighted by atomic mass is 9.99. The lowest BCUT2D eigenvalue weighted by molar-refractivity contribution is -0.117. The monoisotopic (exact) mass is 267 g/mol. The highest BCUT2D eigenvalue weighted by Crippen LogP contribution is 2.13. The van der Waals surface area contributed by atoms with E-state index in [9.17, 15) is 9.59 Å². The van der Waals surface area contributed by atoms with Crippen molar-refractivity contribution in [3.8, 4) is 0 Å². The van der Waals surface area contributed by atoms with Gasteiger partial charge < -0.3 is 5.32 Å². The van der Waals surface area contributed by atoms with Gasteiger partial charge in [-0.2, -0.15) is 0 Å². The minimum atomic E-state index is -0.530. The fraction of sp³-hybridized carbons (Fsp3) is 0.176. The van der Waals surface area contributed by atoms with Gasteiger partial charge in [0.25, 0.3) is 0 Å². The molecule has 0 saturated carbocycles. The number of carbonyl (C=O) groups excluding carboxylic acids is 2. The maximum Gasteiger partial charge on any atom is 0.185 e. The molecule has 102 valence electrons. The van der Waals surface area contributed by atoms with Crippen molar-refractivity contribution >= 4 is 17.3 Å². The predicted octanol–water partition coefficient (Wildman–Crippen LogP) is 3.33. The summed E-state index contributed by atoms with van der Waals surface area (Å²) in [6, 6.07) is 18.0. The summed E-state index contributed by atoms with van der Waals surface area (Å²) in [6.07, 6.45) is 0.183. The smallest absolute Gasteiger partial charge is 0.185 e. The lowest BCUT2D eigenvalue weighted by Crippen LogP contribution is -2.31. The van der Waals surface area contributed by atoms with Crippen LogP contribution in [0.3, 0.4) is 0 Å². The molecule has 1 atom stereocenters. The van der Waals surface area contributed by atoms with Gasteiger partial charge in [-0.3, -0.25) is 9.59 Å². The Balaban J connectivity index is 2.19. The van der Waals surface area contributed by atoms with E-state index < -0.39 is 6.04 Å². The largest absolute Gasteiger partial charge is 0.375 e. The number of Topliss-reactive ketones (excluding diaryl/α,β-unsaturated/α-hetero) is 2. The molecule has 0 aliphatic carbocycles. The summed E-state index contributed by atoms with van der Waals surface area (Å²) in [4.78, 5) is 23.9. The molecule has 0 spiro atoms. The van der Waals surface area contributed by atoms with Gasteiger partial charge >= 0.3 is 0 Å². The van der Waals surface area contributed by atoms with Crippen molar-refractivity contribution in [1.29, 1.82) is 0 Å². The van der Waals surface area contributed by atoms with Crippen molar-refractivity contribution in [3.05, 3.63) is 66.2 Å². The molecule has 3 heteroatoms. The first-order valence-electron chi connectivity index (χ1n) is 6.57. The van der Waals surface area contributed by atoms with Gasteiger partial charge in [0, 0.05) is 17.7 Å². The van der Waals surface area contributed by atoms with Crippen LogP contribution in [0.2, 0.25) is 0 Å². The first-order chi connectivity index (χ1) is 9.66. The summed E-state index contributed by atoms with van der Waals surface area (Å²) < 4.78 is 0. The van der Waals surface area contributed by atoms with Crippen LogP contribution in [0.25, 0.3) is 0 Å². The Kier molecular flexibility index (Phi) is 4.66. The molecule has 20 heavy (non-hydrogen) atoms. The van der Waals surface area contributed by atoms with Crippen LogP contribution in [0.1, 0.15) is 23.7 Å². The predicted molar refractivity (Wildman–Crippen MR) is 79.9 cm³/mol. The van der Waals surface area contributed by atoms with Crippen molar-refractivity contribution in [1.82, 2.24) is 0 Å². The van der Waals surface area contributed by atoms with E-state index in [1.165, 1.54) is 6.92 Å². The molecule has 0 amide bonds. The van der Waals surface area contributed by atoms with E-state index in [1.54, 1.807) is 12.1 Å². The van der Waals surface area contributed by atoms with Crippen LogP contribution < -0.4 is 5.32 Å². The number of nitrogens with one attached hydrogen (secondary N) is 1. The Morgan fingerprint density at radius 1 is 0.950 bits per heavy atom. The molecular formula is C17H17NO2. The first kappa shape index (κ1) is 14.0. The second-order valence-corrected chi connectivity index (χ2v) is 4.70. The van der Waals surface area contributed by atoms with Crippen LogP contribution in [0.15, 0.2) is 60.7 Å². The van der Waals surface area contributed by atoms with Gasteiger partial charge in [-0.05, 0) is 19.1 Å². The third-order valence-corrected chi connectivity index (χ3v) is 2.98. The van der Waals surface area contributed by atoms with Gasteiger partial charge in [0.15, 0.2) is 5.78 Å². The molecule has 2 rings (SSSR count). The molecule has 0 heterocycles. The van der Waals surface area contributed by atoms with E-state index >= 15 is 0 Å². The number of hydrogen-bond acceptors (Lipinski definition) is 3. The number of benzene rings is 2. The van der Waals surface area contributed by atoms with Crippen LogP contribution in [-0.2, 0) is 4.79 Å². The molecule has 1 N–H and O–H groups in total. The highest BCUT2D eigenvalue weighted by atomic mass is 16.1. The summed E-state index contributed by atoms with van der Waals surface area (Å²) in [7, 11) is 0. The number of hydrogen-bond donors (Lipinski definition) is 1. The van der Waals surface area contributed by atoms with E-state index in [2.05, 4.69) is 5.32 Å². The molecule has 0 aliphatic heterocycles. The van der Waals surface area contributed by atoms with Crippen LogP contribution in [0.5, 0.6) is 0 Å². The second-order valence-electron chi connectivity index (χ2n) is 4.70. The van der Waals surface area contributed by atoms with Crippen LogP contribution in [0.4, 0.5) is 5.69 Å². The van der Waals surface area contributed by atoms with Crippen LogP contribution >= 0.6 is 0 Å². The molecule has 3 nitrogen and oxygen atoms in total. The van der Waals surface area contributed by atoms with Gasteiger partial charge in [-0.15, -0.1) is 0 Å². The molecule has 0 saturated heterocycles. The number of rotatable bonds is 6. The summed E-state index contributed by atoms with van der Waals surface area (Å²) in [6.45, 7) is 1.50. The minimum absolute atomic E-state index is 0.0114. The SMILES string of the molecule is CC(=O)CC(Nc1ccccc1)C(=O)c1ccccc1. The number of anilines is 1. The van der Waals surface area contributed by atoms with E-state index in [0.717, 1.165) is 5.69 Å². The Labute approximate surface area is 118 Å². The molecule has 2 aromatic carbocycles. The summed E-state index contributed by atoms with van der Waals surface area (Å²) in [5.41, 5.74) is 1.45. The normalized spacial score (nSPS) is 11.7. The minimum Gasteiger partial charge on any atom is -0.375 e. The van der Waals surface area contributed by atoms with Gasteiger partial charge in [0.2, 0.25) is 0 Å². The summed E-state index contributed by atoms with van der Waals surface area (Å²) in [5, 5.41) is 3.14.